The van der Waals surface area contributed by atoms with Crippen molar-refractivity contribution in [1.82, 2.24) is 5.32 Å². The number of nitrogens with one attached hydrogen (secondary N) is 1. The van der Waals surface area contributed by atoms with Gasteiger partial charge < -0.3 is 10.1 Å². The molecule has 19 heavy (non-hydrogen) atoms. The number of hydrogen-bond acceptors (Lipinski definition) is 2. The Morgan fingerprint density at radius 2 is 2.11 bits per heavy atom. The molecular formula is C16H22FNO. The van der Waals surface area contributed by atoms with Crippen molar-refractivity contribution < 1.29 is 9.13 Å². The highest BCUT2D eigenvalue weighted by Crippen LogP contribution is 2.24. The molecule has 0 radical (unpaired) electrons. The first-order valence-corrected chi connectivity index (χ1v) is 6.44. The summed E-state index contributed by atoms with van der Waals surface area (Å²) >= 11 is 0. The average Bonchev–Trinajstić information content (AvgIpc) is 2.34. The molecule has 0 heterocycles. The molecule has 2 nitrogen and oxygen atoms in total. The summed E-state index contributed by atoms with van der Waals surface area (Å²) in [5.41, 5.74) is 3.18. The Hall–Kier alpha value is -1.61. The van der Waals surface area contributed by atoms with Crippen LogP contribution >= 0.6 is 0 Å². The van der Waals surface area contributed by atoms with E-state index in [0.29, 0.717) is 18.6 Å². The second kappa shape index (κ2) is 7.10. The second-order valence-corrected chi connectivity index (χ2v) is 4.62. The van der Waals surface area contributed by atoms with E-state index in [1.165, 1.54) is 6.07 Å². The van der Waals surface area contributed by atoms with Crippen molar-refractivity contribution in [2.24, 2.45) is 0 Å². The minimum Gasteiger partial charge on any atom is -0.368 e. The van der Waals surface area contributed by atoms with E-state index >= 15 is 0 Å². The van der Waals surface area contributed by atoms with Gasteiger partial charge >= 0.3 is 0 Å². The monoisotopic (exact) mass is 263 g/mol. The highest BCUT2D eigenvalue weighted by Gasteiger charge is 2.13. The summed E-state index contributed by atoms with van der Waals surface area (Å²) in [6.07, 6.45) is 0.482. The molecule has 1 aromatic rings. The van der Waals surface area contributed by atoms with Crippen LogP contribution in [0.25, 0.3) is 0 Å². The Morgan fingerprint density at radius 3 is 2.68 bits per heavy atom. The highest BCUT2D eigenvalue weighted by molar-refractivity contribution is 5.30. The van der Waals surface area contributed by atoms with Gasteiger partial charge in [0, 0.05) is 11.4 Å². The van der Waals surface area contributed by atoms with Crippen LogP contribution in [0.1, 0.15) is 38.0 Å². The van der Waals surface area contributed by atoms with Crippen LogP contribution in [-0.4, -0.2) is 6.61 Å². The zero-order valence-electron chi connectivity index (χ0n) is 11.9. The van der Waals surface area contributed by atoms with Gasteiger partial charge in [0.15, 0.2) is 0 Å². The molecule has 1 N–H and O–H groups in total. The van der Waals surface area contributed by atoms with Gasteiger partial charge in [-0.25, -0.2) is 4.39 Å². The van der Waals surface area contributed by atoms with Crippen molar-refractivity contribution in [3.05, 3.63) is 59.7 Å². The van der Waals surface area contributed by atoms with E-state index in [2.05, 4.69) is 18.5 Å². The third-order valence-electron chi connectivity index (χ3n) is 2.84. The molecule has 0 bridgehead atoms. The zero-order valence-corrected chi connectivity index (χ0v) is 11.9. The number of rotatable bonds is 7. The maximum atomic E-state index is 13.7. The third kappa shape index (κ3) is 4.52. The Morgan fingerprint density at radius 1 is 1.42 bits per heavy atom. The van der Waals surface area contributed by atoms with E-state index in [4.69, 9.17) is 4.74 Å². The van der Waals surface area contributed by atoms with Gasteiger partial charge in [-0.1, -0.05) is 32.2 Å². The molecule has 0 saturated heterocycles. The number of benzene rings is 1. The summed E-state index contributed by atoms with van der Waals surface area (Å²) in [5.74, 6) is -0.172. The molecule has 0 spiro atoms. The Kier molecular flexibility index (Phi) is 5.77. The fraction of sp³-hybridized carbons (Fsp3) is 0.375. The summed E-state index contributed by atoms with van der Waals surface area (Å²) in [4.78, 5) is 0. The Labute approximate surface area is 115 Å². The number of allylic oxidation sites excluding steroid dienone is 1. The van der Waals surface area contributed by atoms with Gasteiger partial charge in [-0.3, -0.25) is 0 Å². The normalized spacial score (nSPS) is 12.0. The van der Waals surface area contributed by atoms with Crippen molar-refractivity contribution in [3.8, 4) is 0 Å². The molecule has 1 unspecified atom stereocenters. The fourth-order valence-electron chi connectivity index (χ4n) is 1.98. The molecule has 104 valence electrons. The molecule has 1 rings (SSSR count). The first-order chi connectivity index (χ1) is 8.95. The largest absolute Gasteiger partial charge is 0.368 e. The van der Waals surface area contributed by atoms with E-state index in [9.17, 15) is 4.39 Å². The topological polar surface area (TPSA) is 21.3 Å². The van der Waals surface area contributed by atoms with Gasteiger partial charge in [0.2, 0.25) is 0 Å². The summed E-state index contributed by atoms with van der Waals surface area (Å²) in [5, 5.41) is 3.00. The number of halogens is 1. The SMILES string of the molecule is C=C(C)NC(=C)COC(C)c1cccc(F)c1CC. The number of ether oxygens (including phenoxy) is 1. The second-order valence-electron chi connectivity index (χ2n) is 4.62. The first-order valence-electron chi connectivity index (χ1n) is 6.44. The molecule has 3 heteroatoms. The molecule has 0 saturated carbocycles. The average molecular weight is 263 g/mol. The summed E-state index contributed by atoms with van der Waals surface area (Å²) in [6.45, 7) is 13.7. The number of hydrogen-bond donors (Lipinski definition) is 1. The van der Waals surface area contributed by atoms with Crippen LogP contribution in [0.5, 0.6) is 0 Å². The zero-order chi connectivity index (χ0) is 14.4. The quantitative estimate of drug-likeness (QED) is 0.799. The van der Waals surface area contributed by atoms with Crippen LogP contribution in [0.3, 0.4) is 0 Å². The minimum absolute atomic E-state index is 0.172. The molecule has 0 aliphatic heterocycles. The van der Waals surface area contributed by atoms with E-state index in [-0.39, 0.29) is 11.9 Å². The molecule has 0 aliphatic rings. The van der Waals surface area contributed by atoms with Crippen LogP contribution < -0.4 is 5.32 Å². The lowest BCUT2D eigenvalue weighted by Gasteiger charge is -2.18. The molecule has 0 fully saturated rings. The van der Waals surface area contributed by atoms with Crippen molar-refractivity contribution in [2.45, 2.75) is 33.3 Å². The van der Waals surface area contributed by atoms with Gasteiger partial charge in [0.05, 0.1) is 12.7 Å². The highest BCUT2D eigenvalue weighted by atomic mass is 19.1. The van der Waals surface area contributed by atoms with Crippen molar-refractivity contribution >= 4 is 0 Å². The van der Waals surface area contributed by atoms with Crippen LogP contribution in [-0.2, 0) is 11.2 Å². The van der Waals surface area contributed by atoms with Gasteiger partial charge in [-0.05, 0) is 37.5 Å². The smallest absolute Gasteiger partial charge is 0.126 e. The van der Waals surface area contributed by atoms with Crippen molar-refractivity contribution in [2.75, 3.05) is 6.61 Å². The molecule has 0 aliphatic carbocycles. The third-order valence-corrected chi connectivity index (χ3v) is 2.84. The molecule has 0 aromatic heterocycles. The van der Waals surface area contributed by atoms with Crippen molar-refractivity contribution in [1.29, 1.82) is 0 Å². The maximum absolute atomic E-state index is 13.7. The first kappa shape index (κ1) is 15.4. The van der Waals surface area contributed by atoms with E-state index in [1.807, 2.05) is 26.8 Å². The Bertz CT molecular complexity index is 468. The lowest BCUT2D eigenvalue weighted by atomic mass is 10.0. The summed E-state index contributed by atoms with van der Waals surface area (Å²) < 4.78 is 19.4. The van der Waals surface area contributed by atoms with Crippen LogP contribution in [0.2, 0.25) is 0 Å². The van der Waals surface area contributed by atoms with Gasteiger partial charge in [-0.15, -0.1) is 0 Å². The lowest BCUT2D eigenvalue weighted by molar-refractivity contribution is 0.0806. The summed E-state index contributed by atoms with van der Waals surface area (Å²) in [7, 11) is 0. The predicted octanol–water partition coefficient (Wildman–Crippen LogP) is 4.10. The standard InChI is InChI=1S/C16H22FNO/c1-6-14-15(8-7-9-16(14)17)13(5)19-10-12(4)18-11(2)3/h7-9,13,18H,2,4,6,10H2,1,3,5H3. The van der Waals surface area contributed by atoms with Gasteiger partial charge in [0.1, 0.15) is 5.82 Å². The van der Waals surface area contributed by atoms with Gasteiger partial charge in [-0.2, -0.15) is 0 Å². The fourth-order valence-corrected chi connectivity index (χ4v) is 1.98. The van der Waals surface area contributed by atoms with Crippen LogP contribution in [0.15, 0.2) is 42.8 Å². The Balaban J connectivity index is 2.68. The molecule has 1 aromatic carbocycles. The molecule has 0 amide bonds. The van der Waals surface area contributed by atoms with E-state index < -0.39 is 0 Å². The van der Waals surface area contributed by atoms with E-state index in [0.717, 1.165) is 17.0 Å². The van der Waals surface area contributed by atoms with Crippen molar-refractivity contribution in [3.63, 3.8) is 0 Å². The lowest BCUT2D eigenvalue weighted by Crippen LogP contribution is -2.15. The summed E-state index contributed by atoms with van der Waals surface area (Å²) in [6, 6.07) is 5.10. The minimum atomic E-state index is -0.172. The molecule has 1 atom stereocenters. The maximum Gasteiger partial charge on any atom is 0.126 e. The van der Waals surface area contributed by atoms with Crippen LogP contribution in [0, 0.1) is 5.82 Å². The van der Waals surface area contributed by atoms with Crippen LogP contribution in [0.4, 0.5) is 4.39 Å². The van der Waals surface area contributed by atoms with Gasteiger partial charge in [0.25, 0.3) is 0 Å². The van der Waals surface area contributed by atoms with E-state index in [1.54, 1.807) is 6.07 Å². The predicted molar refractivity (Wildman–Crippen MR) is 77.2 cm³/mol. The molecular weight excluding hydrogens is 241 g/mol.